The topological polar surface area (TPSA) is 95.6 Å². The molecule has 3 rings (SSSR count). The number of pyridine rings is 1. The Hall–Kier alpha value is -3.39. The molecule has 0 aliphatic carbocycles. The number of fused-ring (bicyclic) bond motifs is 1. The maximum absolute atomic E-state index is 11.0. The molecule has 0 aliphatic heterocycles. The van der Waals surface area contributed by atoms with Crippen LogP contribution in [0.4, 0.5) is 0 Å². The van der Waals surface area contributed by atoms with Crippen LogP contribution in [0.3, 0.4) is 0 Å². The fraction of sp³-hybridized carbons (Fsp3) is 0. The van der Waals surface area contributed by atoms with Crippen LogP contribution in [-0.2, 0) is 4.79 Å². The molecule has 3 N–H and O–H groups in total. The van der Waals surface area contributed by atoms with Crippen molar-refractivity contribution >= 4 is 23.0 Å². The summed E-state index contributed by atoms with van der Waals surface area (Å²) in [4.78, 5) is 18.6. The van der Waals surface area contributed by atoms with E-state index in [2.05, 4.69) is 9.97 Å². The van der Waals surface area contributed by atoms with Crippen molar-refractivity contribution in [2.45, 2.75) is 0 Å². The third-order valence-corrected chi connectivity index (χ3v) is 3.31. The number of nitrogens with one attached hydrogen (secondary N) is 1. The van der Waals surface area contributed by atoms with Crippen molar-refractivity contribution in [2.75, 3.05) is 0 Å². The summed E-state index contributed by atoms with van der Waals surface area (Å²) >= 11 is 0. The zero-order valence-corrected chi connectivity index (χ0v) is 11.6. The van der Waals surface area contributed by atoms with E-state index in [1.165, 1.54) is 6.08 Å². The van der Waals surface area contributed by atoms with E-state index in [0.717, 1.165) is 27.9 Å². The van der Waals surface area contributed by atoms with Gasteiger partial charge in [-0.25, -0.2) is 4.98 Å². The predicted molar refractivity (Wildman–Crippen MR) is 84.3 cm³/mol. The van der Waals surface area contributed by atoms with Crippen molar-refractivity contribution in [3.8, 4) is 17.3 Å². The maximum Gasteiger partial charge on any atom is 0.259 e. The van der Waals surface area contributed by atoms with Gasteiger partial charge in [-0.3, -0.25) is 4.79 Å². The molecule has 3 aromatic rings. The number of aromatic nitrogens is 2. The SMILES string of the molecule is N#C/C(=C\c1ccc(-c2cc3cccnc3[nH]2)cc1)C(N)=O. The number of amides is 1. The molecule has 0 bridgehead atoms. The normalized spacial score (nSPS) is 11.3. The molecule has 0 saturated carbocycles. The molecule has 2 heterocycles. The fourth-order valence-electron chi connectivity index (χ4n) is 2.20. The molecule has 0 atom stereocenters. The summed E-state index contributed by atoms with van der Waals surface area (Å²) in [7, 11) is 0. The van der Waals surface area contributed by atoms with Crippen LogP contribution in [0.15, 0.2) is 54.2 Å². The molecule has 0 radical (unpaired) electrons. The number of hydrogen-bond donors (Lipinski definition) is 2. The van der Waals surface area contributed by atoms with Crippen molar-refractivity contribution in [3.05, 3.63) is 59.8 Å². The number of carbonyl (C=O) groups is 1. The van der Waals surface area contributed by atoms with Gasteiger partial charge in [0, 0.05) is 17.3 Å². The van der Waals surface area contributed by atoms with E-state index < -0.39 is 5.91 Å². The molecular formula is C17H12N4O. The van der Waals surface area contributed by atoms with Gasteiger partial charge in [-0.1, -0.05) is 24.3 Å². The lowest BCUT2D eigenvalue weighted by molar-refractivity contribution is -0.114. The summed E-state index contributed by atoms with van der Waals surface area (Å²) in [5.74, 6) is -0.728. The first-order valence-corrected chi connectivity index (χ1v) is 6.63. The van der Waals surface area contributed by atoms with E-state index in [1.807, 2.05) is 42.5 Å². The average molecular weight is 288 g/mol. The molecule has 0 saturated heterocycles. The van der Waals surface area contributed by atoms with Crippen LogP contribution >= 0.6 is 0 Å². The summed E-state index contributed by atoms with van der Waals surface area (Å²) in [5, 5.41) is 9.88. The molecule has 5 nitrogen and oxygen atoms in total. The molecule has 5 heteroatoms. The molecule has 106 valence electrons. The molecule has 22 heavy (non-hydrogen) atoms. The minimum Gasteiger partial charge on any atom is -0.365 e. The minimum absolute atomic E-state index is 0.0671. The van der Waals surface area contributed by atoms with Crippen molar-refractivity contribution in [1.29, 1.82) is 5.26 Å². The van der Waals surface area contributed by atoms with Crippen molar-refractivity contribution in [3.63, 3.8) is 0 Å². The molecule has 0 fully saturated rings. The number of nitriles is 1. The molecule has 1 amide bonds. The Bertz CT molecular complexity index is 881. The van der Waals surface area contributed by atoms with Crippen LogP contribution in [0.25, 0.3) is 28.4 Å². The van der Waals surface area contributed by atoms with Crippen molar-refractivity contribution < 1.29 is 4.79 Å². The van der Waals surface area contributed by atoms with Crippen LogP contribution < -0.4 is 5.73 Å². The van der Waals surface area contributed by atoms with Gasteiger partial charge >= 0.3 is 0 Å². The summed E-state index contributed by atoms with van der Waals surface area (Å²) in [6.07, 6.45) is 3.21. The highest BCUT2D eigenvalue weighted by Gasteiger charge is 2.05. The van der Waals surface area contributed by atoms with Gasteiger partial charge in [0.05, 0.1) is 0 Å². The van der Waals surface area contributed by atoms with E-state index in [0.29, 0.717) is 0 Å². The monoisotopic (exact) mass is 288 g/mol. The largest absolute Gasteiger partial charge is 0.365 e. The number of rotatable bonds is 3. The van der Waals surface area contributed by atoms with E-state index in [1.54, 1.807) is 12.3 Å². The Kier molecular flexibility index (Phi) is 3.42. The van der Waals surface area contributed by atoms with Crippen LogP contribution in [0.5, 0.6) is 0 Å². The number of benzene rings is 1. The lowest BCUT2D eigenvalue weighted by Gasteiger charge is -1.99. The van der Waals surface area contributed by atoms with Gasteiger partial charge in [0.25, 0.3) is 5.91 Å². The Labute approximate surface area is 126 Å². The first kappa shape index (κ1) is 13.6. The summed E-state index contributed by atoms with van der Waals surface area (Å²) < 4.78 is 0. The molecule has 0 spiro atoms. The van der Waals surface area contributed by atoms with Crippen LogP contribution in [0.1, 0.15) is 5.56 Å². The Balaban J connectivity index is 1.94. The highest BCUT2D eigenvalue weighted by atomic mass is 16.1. The average Bonchev–Trinajstić information content (AvgIpc) is 2.97. The molecule has 1 aromatic carbocycles. The second-order valence-corrected chi connectivity index (χ2v) is 4.78. The molecular weight excluding hydrogens is 276 g/mol. The zero-order chi connectivity index (χ0) is 15.5. The Morgan fingerprint density at radius 1 is 1.27 bits per heavy atom. The van der Waals surface area contributed by atoms with Gasteiger partial charge in [0.2, 0.25) is 0 Å². The third kappa shape index (κ3) is 2.58. The van der Waals surface area contributed by atoms with E-state index in [9.17, 15) is 4.79 Å². The number of nitrogens with zero attached hydrogens (tertiary/aromatic N) is 2. The quantitative estimate of drug-likeness (QED) is 0.572. The molecule has 0 unspecified atom stereocenters. The van der Waals surface area contributed by atoms with Crippen molar-refractivity contribution in [2.24, 2.45) is 5.73 Å². The fourth-order valence-corrected chi connectivity index (χ4v) is 2.20. The van der Waals surface area contributed by atoms with Crippen molar-refractivity contribution in [1.82, 2.24) is 9.97 Å². The Morgan fingerprint density at radius 3 is 2.68 bits per heavy atom. The van der Waals surface area contributed by atoms with Gasteiger partial charge < -0.3 is 10.7 Å². The lowest BCUT2D eigenvalue weighted by atomic mass is 10.1. The van der Waals surface area contributed by atoms with E-state index in [-0.39, 0.29) is 5.57 Å². The standard InChI is InChI=1S/C17H12N4O/c18-10-14(16(19)22)8-11-3-5-12(6-4-11)15-9-13-2-1-7-20-17(13)21-15/h1-9H,(H2,19,22)(H,20,21)/b14-8+. The second-order valence-electron chi connectivity index (χ2n) is 4.78. The second kappa shape index (κ2) is 5.54. The highest BCUT2D eigenvalue weighted by Crippen LogP contribution is 2.23. The third-order valence-electron chi connectivity index (χ3n) is 3.31. The molecule has 2 aromatic heterocycles. The number of H-pyrrole nitrogens is 1. The smallest absolute Gasteiger partial charge is 0.259 e. The minimum atomic E-state index is -0.728. The van der Waals surface area contributed by atoms with E-state index >= 15 is 0 Å². The highest BCUT2D eigenvalue weighted by molar-refractivity contribution is 6.00. The number of nitrogens with two attached hydrogens (primary N) is 1. The predicted octanol–water partition coefficient (Wildman–Crippen LogP) is 2.62. The Morgan fingerprint density at radius 2 is 2.05 bits per heavy atom. The van der Waals surface area contributed by atoms with Gasteiger partial charge in [-0.15, -0.1) is 0 Å². The zero-order valence-electron chi connectivity index (χ0n) is 11.6. The van der Waals surface area contributed by atoms with Gasteiger partial charge in [-0.2, -0.15) is 5.26 Å². The van der Waals surface area contributed by atoms with Crippen LogP contribution in [0.2, 0.25) is 0 Å². The summed E-state index contributed by atoms with van der Waals surface area (Å²) in [6, 6.07) is 15.2. The number of hydrogen-bond acceptors (Lipinski definition) is 3. The van der Waals surface area contributed by atoms with Crippen LogP contribution in [0, 0.1) is 11.3 Å². The summed E-state index contributed by atoms with van der Waals surface area (Å²) in [5.41, 5.74) is 8.58. The van der Waals surface area contributed by atoms with Gasteiger partial charge in [0.15, 0.2) is 0 Å². The lowest BCUT2D eigenvalue weighted by Crippen LogP contribution is -2.12. The van der Waals surface area contributed by atoms with Gasteiger partial charge in [-0.05, 0) is 35.4 Å². The maximum atomic E-state index is 11.0. The number of primary amides is 1. The molecule has 0 aliphatic rings. The van der Waals surface area contributed by atoms with Gasteiger partial charge in [0.1, 0.15) is 17.3 Å². The first-order chi connectivity index (χ1) is 10.7. The number of aromatic amines is 1. The van der Waals surface area contributed by atoms with E-state index in [4.69, 9.17) is 11.0 Å². The van der Waals surface area contributed by atoms with Crippen LogP contribution in [-0.4, -0.2) is 15.9 Å². The first-order valence-electron chi connectivity index (χ1n) is 6.63. The summed E-state index contributed by atoms with van der Waals surface area (Å²) in [6.45, 7) is 0. The number of carbonyl (C=O) groups excluding carboxylic acids is 1.